The molecule has 22 heavy (non-hydrogen) atoms. The van der Waals surface area contributed by atoms with Crippen LogP contribution in [0, 0.1) is 0 Å². The van der Waals surface area contributed by atoms with E-state index in [4.69, 9.17) is 28.3 Å². The van der Waals surface area contributed by atoms with Crippen molar-refractivity contribution in [1.82, 2.24) is 5.32 Å². The number of carbonyl (C=O) groups excluding carboxylic acids is 1. The first-order valence-electron chi connectivity index (χ1n) is 7.16. The average Bonchev–Trinajstić information content (AvgIpc) is 2.37. The molecule has 6 heteroatoms. The van der Waals surface area contributed by atoms with Crippen LogP contribution in [0.2, 0.25) is 10.0 Å². The van der Waals surface area contributed by atoms with Gasteiger partial charge in [0.25, 0.3) is 0 Å². The zero-order valence-corrected chi connectivity index (χ0v) is 14.3. The minimum atomic E-state index is -0.835. The summed E-state index contributed by atoms with van der Waals surface area (Å²) < 4.78 is 0. The number of benzene rings is 1. The molecule has 0 aliphatic carbocycles. The first-order valence-corrected chi connectivity index (χ1v) is 7.92. The third-order valence-electron chi connectivity index (χ3n) is 3.17. The molecule has 0 spiro atoms. The lowest BCUT2D eigenvalue weighted by atomic mass is 9.94. The second kappa shape index (κ2) is 8.39. The normalized spacial score (nSPS) is 11.3. The monoisotopic (exact) mass is 345 g/mol. The van der Waals surface area contributed by atoms with E-state index in [1.165, 1.54) is 0 Å². The first kappa shape index (κ1) is 18.8. The third-order valence-corrected chi connectivity index (χ3v) is 3.76. The number of aliphatic carboxylic acids is 1. The quantitative estimate of drug-likeness (QED) is 0.697. The van der Waals surface area contributed by atoms with Crippen LogP contribution in [0.1, 0.15) is 45.1 Å². The highest BCUT2D eigenvalue weighted by atomic mass is 35.5. The topological polar surface area (TPSA) is 66.4 Å². The molecule has 0 unspecified atom stereocenters. The number of hydrogen-bond acceptors (Lipinski definition) is 2. The molecule has 1 amide bonds. The van der Waals surface area contributed by atoms with E-state index in [2.05, 4.69) is 5.32 Å². The summed E-state index contributed by atoms with van der Waals surface area (Å²) in [5.41, 5.74) is 0.476. The lowest BCUT2D eigenvalue weighted by Gasteiger charge is -2.27. The number of carboxylic acid groups (broad SMARTS) is 1. The highest BCUT2D eigenvalue weighted by Gasteiger charge is 2.22. The zero-order valence-electron chi connectivity index (χ0n) is 12.8. The van der Waals surface area contributed by atoms with Crippen molar-refractivity contribution in [2.75, 3.05) is 0 Å². The van der Waals surface area contributed by atoms with Gasteiger partial charge in [-0.05, 0) is 50.8 Å². The second-order valence-corrected chi connectivity index (χ2v) is 6.79. The molecule has 2 N–H and O–H groups in total. The van der Waals surface area contributed by atoms with Gasteiger partial charge in [-0.3, -0.25) is 9.59 Å². The Hall–Kier alpha value is -1.26. The van der Waals surface area contributed by atoms with Crippen molar-refractivity contribution in [1.29, 1.82) is 0 Å². The maximum absolute atomic E-state index is 11.9. The van der Waals surface area contributed by atoms with Crippen molar-refractivity contribution in [3.05, 3.63) is 33.8 Å². The Morgan fingerprint density at radius 2 is 1.82 bits per heavy atom. The van der Waals surface area contributed by atoms with Crippen LogP contribution in [0.4, 0.5) is 0 Å². The fraction of sp³-hybridized carbons (Fsp3) is 0.500. The van der Waals surface area contributed by atoms with Gasteiger partial charge < -0.3 is 10.4 Å². The summed E-state index contributed by atoms with van der Waals surface area (Å²) in [6.45, 7) is 3.85. The highest BCUT2D eigenvalue weighted by Crippen LogP contribution is 2.24. The molecule has 0 saturated heterocycles. The summed E-state index contributed by atoms with van der Waals surface area (Å²) in [7, 11) is 0. The standard InChI is InChI=1S/C16H21Cl2NO3/c1-16(2,10-11-7-8-12(17)9-13(11)18)19-14(20)5-3-4-6-15(21)22/h7-9H,3-6,10H2,1-2H3,(H,19,20)(H,21,22). The predicted octanol–water partition coefficient (Wildman–Crippen LogP) is 4.08. The maximum atomic E-state index is 11.9. The minimum absolute atomic E-state index is 0.0829. The molecule has 0 aliphatic rings. The van der Waals surface area contributed by atoms with E-state index in [1.807, 2.05) is 19.9 Å². The number of carboxylic acids is 1. The van der Waals surface area contributed by atoms with Crippen molar-refractivity contribution in [2.45, 2.75) is 51.5 Å². The molecule has 0 atom stereocenters. The summed E-state index contributed by atoms with van der Waals surface area (Å²) in [6, 6.07) is 5.31. The van der Waals surface area contributed by atoms with Crippen molar-refractivity contribution in [3.8, 4) is 0 Å². The Morgan fingerprint density at radius 3 is 2.41 bits per heavy atom. The van der Waals surface area contributed by atoms with E-state index < -0.39 is 11.5 Å². The van der Waals surface area contributed by atoms with Crippen molar-refractivity contribution >= 4 is 35.1 Å². The van der Waals surface area contributed by atoms with E-state index in [1.54, 1.807) is 12.1 Å². The molecule has 0 aliphatic heterocycles. The van der Waals surface area contributed by atoms with Crippen molar-refractivity contribution in [3.63, 3.8) is 0 Å². The Bertz CT molecular complexity index is 544. The van der Waals surface area contributed by atoms with Gasteiger partial charge in [0.15, 0.2) is 0 Å². The molecule has 122 valence electrons. The minimum Gasteiger partial charge on any atom is -0.481 e. The number of amides is 1. The van der Waals surface area contributed by atoms with Gasteiger partial charge in [-0.1, -0.05) is 29.3 Å². The lowest BCUT2D eigenvalue weighted by Crippen LogP contribution is -2.45. The number of carbonyl (C=O) groups is 2. The van der Waals surface area contributed by atoms with Crippen LogP contribution in [0.15, 0.2) is 18.2 Å². The van der Waals surface area contributed by atoms with Gasteiger partial charge in [0.1, 0.15) is 0 Å². The Balaban J connectivity index is 2.48. The van der Waals surface area contributed by atoms with E-state index in [0.717, 1.165) is 5.56 Å². The van der Waals surface area contributed by atoms with Crippen LogP contribution in [-0.4, -0.2) is 22.5 Å². The molecule has 0 fully saturated rings. The van der Waals surface area contributed by atoms with Crippen molar-refractivity contribution in [2.24, 2.45) is 0 Å². The molecule has 4 nitrogen and oxygen atoms in total. The lowest BCUT2D eigenvalue weighted by molar-refractivity contribution is -0.137. The maximum Gasteiger partial charge on any atom is 0.303 e. The molecular formula is C16H21Cl2NO3. The van der Waals surface area contributed by atoms with Crippen LogP contribution in [0.25, 0.3) is 0 Å². The van der Waals surface area contributed by atoms with Gasteiger partial charge in [0.05, 0.1) is 0 Å². The number of nitrogens with one attached hydrogen (secondary N) is 1. The van der Waals surface area contributed by atoms with E-state index in [-0.39, 0.29) is 12.3 Å². The van der Waals surface area contributed by atoms with E-state index >= 15 is 0 Å². The Labute approximate surface area is 140 Å². The molecular weight excluding hydrogens is 325 g/mol. The Kier molecular flexibility index (Phi) is 7.17. The molecule has 1 aromatic carbocycles. The molecule has 0 saturated carbocycles. The molecule has 0 heterocycles. The molecule has 1 aromatic rings. The van der Waals surface area contributed by atoms with Crippen LogP contribution in [0.5, 0.6) is 0 Å². The van der Waals surface area contributed by atoms with Gasteiger partial charge >= 0.3 is 5.97 Å². The molecule has 0 radical (unpaired) electrons. The summed E-state index contributed by atoms with van der Waals surface area (Å²) in [4.78, 5) is 22.3. The number of rotatable bonds is 8. The summed E-state index contributed by atoms with van der Waals surface area (Å²) in [5.74, 6) is -0.918. The number of halogens is 2. The van der Waals surface area contributed by atoms with Gasteiger partial charge in [0, 0.05) is 28.4 Å². The Morgan fingerprint density at radius 1 is 1.18 bits per heavy atom. The first-order chi connectivity index (χ1) is 10.2. The highest BCUT2D eigenvalue weighted by molar-refractivity contribution is 6.35. The molecule has 0 aromatic heterocycles. The van der Waals surface area contributed by atoms with Crippen LogP contribution in [0.3, 0.4) is 0 Å². The summed E-state index contributed by atoms with van der Waals surface area (Å²) in [5, 5.41) is 12.7. The second-order valence-electron chi connectivity index (χ2n) is 5.95. The molecule has 1 rings (SSSR count). The fourth-order valence-electron chi connectivity index (χ4n) is 2.19. The number of unbranched alkanes of at least 4 members (excludes halogenated alkanes) is 1. The van der Waals surface area contributed by atoms with Gasteiger partial charge in [-0.25, -0.2) is 0 Å². The molecule has 0 bridgehead atoms. The van der Waals surface area contributed by atoms with Crippen molar-refractivity contribution < 1.29 is 14.7 Å². The largest absolute Gasteiger partial charge is 0.481 e. The van der Waals surface area contributed by atoms with Crippen LogP contribution < -0.4 is 5.32 Å². The summed E-state index contributed by atoms with van der Waals surface area (Å²) >= 11 is 12.0. The van der Waals surface area contributed by atoms with E-state index in [9.17, 15) is 9.59 Å². The fourth-order valence-corrected chi connectivity index (χ4v) is 2.66. The number of hydrogen-bond donors (Lipinski definition) is 2. The zero-order chi connectivity index (χ0) is 16.8. The van der Waals surface area contributed by atoms with Crippen LogP contribution in [-0.2, 0) is 16.0 Å². The predicted molar refractivity (Wildman–Crippen MR) is 88.5 cm³/mol. The SMILES string of the molecule is CC(C)(Cc1ccc(Cl)cc1Cl)NC(=O)CCCCC(=O)O. The van der Waals surface area contributed by atoms with Gasteiger partial charge in [-0.2, -0.15) is 0 Å². The smallest absolute Gasteiger partial charge is 0.303 e. The van der Waals surface area contributed by atoms with Gasteiger partial charge in [0.2, 0.25) is 5.91 Å². The van der Waals surface area contributed by atoms with Crippen LogP contribution >= 0.6 is 23.2 Å². The average molecular weight is 346 g/mol. The third kappa shape index (κ3) is 7.14. The van der Waals surface area contributed by atoms with Gasteiger partial charge in [-0.15, -0.1) is 0 Å². The van der Waals surface area contributed by atoms with E-state index in [0.29, 0.717) is 35.7 Å². The summed E-state index contributed by atoms with van der Waals surface area (Å²) in [6.07, 6.45) is 2.08.